The molecule has 1 rings (SSSR count). The first-order valence-corrected chi connectivity index (χ1v) is 7.45. The normalized spacial score (nSPS) is 11.6. The molecule has 0 bridgehead atoms. The Labute approximate surface area is 113 Å². The maximum atomic E-state index is 12.2. The third-order valence-electron chi connectivity index (χ3n) is 3.55. The van der Waals surface area contributed by atoms with Gasteiger partial charge in [-0.25, -0.2) is 4.98 Å². The van der Waals surface area contributed by atoms with Crippen molar-refractivity contribution in [3.63, 3.8) is 0 Å². The number of thiazole rings is 1. The quantitative estimate of drug-likeness (QED) is 0.798. The van der Waals surface area contributed by atoms with Crippen LogP contribution in [0.2, 0.25) is 0 Å². The van der Waals surface area contributed by atoms with Gasteiger partial charge in [-0.15, -0.1) is 11.3 Å². The first-order chi connectivity index (χ1) is 8.60. The van der Waals surface area contributed by atoms with Crippen LogP contribution in [0.15, 0.2) is 5.38 Å². The topological polar surface area (TPSA) is 68.0 Å². The number of nitrogens with two attached hydrogens (primary N) is 1. The molecule has 3 N–H and O–H groups in total. The molecule has 4 nitrogen and oxygen atoms in total. The first-order valence-electron chi connectivity index (χ1n) is 6.57. The minimum absolute atomic E-state index is 0.0694. The molecule has 0 radical (unpaired) electrons. The van der Waals surface area contributed by atoms with Gasteiger partial charge in [-0.3, -0.25) is 4.79 Å². The van der Waals surface area contributed by atoms with Crippen molar-refractivity contribution < 1.29 is 4.79 Å². The van der Waals surface area contributed by atoms with E-state index >= 15 is 0 Å². The molecule has 0 aliphatic heterocycles. The SMILES string of the molecule is CCC(CC)(CC)NC(=O)c1csc(CCN)n1. The monoisotopic (exact) mass is 269 g/mol. The van der Waals surface area contributed by atoms with Gasteiger partial charge in [0.2, 0.25) is 0 Å². The first kappa shape index (κ1) is 15.1. The van der Waals surface area contributed by atoms with Crippen LogP contribution in [0.1, 0.15) is 55.5 Å². The minimum Gasteiger partial charge on any atom is -0.345 e. The van der Waals surface area contributed by atoms with Crippen molar-refractivity contribution in [2.45, 2.75) is 52.0 Å². The van der Waals surface area contributed by atoms with Crippen LogP contribution in [0, 0.1) is 0 Å². The fourth-order valence-electron chi connectivity index (χ4n) is 1.97. The summed E-state index contributed by atoms with van der Waals surface area (Å²) in [5, 5.41) is 5.87. The number of aromatic nitrogens is 1. The number of nitrogens with one attached hydrogen (secondary N) is 1. The van der Waals surface area contributed by atoms with E-state index < -0.39 is 0 Å². The van der Waals surface area contributed by atoms with Crippen LogP contribution in [0.5, 0.6) is 0 Å². The van der Waals surface area contributed by atoms with E-state index in [4.69, 9.17) is 5.73 Å². The Kier molecular flexibility index (Phi) is 5.75. The Bertz CT molecular complexity index is 377. The molecule has 0 fully saturated rings. The van der Waals surface area contributed by atoms with Crippen LogP contribution >= 0.6 is 11.3 Å². The Morgan fingerprint density at radius 3 is 2.50 bits per heavy atom. The molecule has 0 aromatic carbocycles. The van der Waals surface area contributed by atoms with E-state index in [0.29, 0.717) is 12.2 Å². The lowest BCUT2D eigenvalue weighted by Gasteiger charge is -2.31. The molecule has 5 heteroatoms. The zero-order chi connectivity index (χ0) is 13.6. The van der Waals surface area contributed by atoms with Gasteiger partial charge in [-0.1, -0.05) is 20.8 Å². The molecular formula is C13H23N3OS. The lowest BCUT2D eigenvalue weighted by molar-refractivity contribution is 0.0883. The van der Waals surface area contributed by atoms with Crippen LogP contribution < -0.4 is 11.1 Å². The fourth-order valence-corrected chi connectivity index (χ4v) is 2.77. The van der Waals surface area contributed by atoms with Gasteiger partial charge in [-0.2, -0.15) is 0 Å². The number of carbonyl (C=O) groups is 1. The second kappa shape index (κ2) is 6.85. The Morgan fingerprint density at radius 1 is 1.39 bits per heavy atom. The standard InChI is InChI=1S/C13H23N3OS/c1-4-13(5-2,6-3)16-12(17)10-9-18-11(15-10)7-8-14/h9H,4-8,14H2,1-3H3,(H,16,17). The van der Waals surface area contributed by atoms with Crippen LogP contribution in [0.25, 0.3) is 0 Å². The summed E-state index contributed by atoms with van der Waals surface area (Å²) in [6.45, 7) is 6.88. The third kappa shape index (κ3) is 3.53. The molecule has 1 aromatic rings. The van der Waals surface area contributed by atoms with Crippen LogP contribution in [0.3, 0.4) is 0 Å². The van der Waals surface area contributed by atoms with Gasteiger partial charge >= 0.3 is 0 Å². The molecule has 1 aromatic heterocycles. The van der Waals surface area contributed by atoms with Gasteiger partial charge in [0, 0.05) is 17.3 Å². The van der Waals surface area contributed by atoms with Gasteiger partial charge < -0.3 is 11.1 Å². The van der Waals surface area contributed by atoms with Gasteiger partial charge in [-0.05, 0) is 25.8 Å². The summed E-state index contributed by atoms with van der Waals surface area (Å²) >= 11 is 1.50. The number of nitrogens with zero attached hydrogens (tertiary/aromatic N) is 1. The average molecular weight is 269 g/mol. The summed E-state index contributed by atoms with van der Waals surface area (Å²) in [4.78, 5) is 16.5. The summed E-state index contributed by atoms with van der Waals surface area (Å²) in [6.07, 6.45) is 3.54. The number of hydrogen-bond donors (Lipinski definition) is 2. The van der Waals surface area contributed by atoms with Crippen molar-refractivity contribution >= 4 is 17.2 Å². The molecule has 0 spiro atoms. The zero-order valence-corrected chi connectivity index (χ0v) is 12.3. The minimum atomic E-state index is -0.102. The van der Waals surface area contributed by atoms with Gasteiger partial charge in [0.15, 0.2) is 0 Å². The Balaban J connectivity index is 2.74. The molecule has 0 saturated heterocycles. The van der Waals surface area contributed by atoms with Crippen molar-refractivity contribution in [2.24, 2.45) is 5.73 Å². The van der Waals surface area contributed by atoms with Gasteiger partial charge in [0.25, 0.3) is 5.91 Å². The van der Waals surface area contributed by atoms with E-state index in [-0.39, 0.29) is 11.4 Å². The number of carbonyl (C=O) groups excluding carboxylic acids is 1. The maximum absolute atomic E-state index is 12.2. The maximum Gasteiger partial charge on any atom is 0.271 e. The lowest BCUT2D eigenvalue weighted by Crippen LogP contribution is -2.47. The van der Waals surface area contributed by atoms with Gasteiger partial charge in [0.1, 0.15) is 5.69 Å². The van der Waals surface area contributed by atoms with Crippen LogP contribution in [-0.2, 0) is 6.42 Å². The predicted molar refractivity (Wildman–Crippen MR) is 75.9 cm³/mol. The van der Waals surface area contributed by atoms with E-state index in [1.165, 1.54) is 11.3 Å². The summed E-state index contributed by atoms with van der Waals surface area (Å²) in [5.41, 5.74) is 5.89. The highest BCUT2D eigenvalue weighted by Crippen LogP contribution is 2.20. The number of amides is 1. The molecule has 0 saturated carbocycles. The van der Waals surface area contributed by atoms with Crippen molar-refractivity contribution in [3.05, 3.63) is 16.1 Å². The van der Waals surface area contributed by atoms with E-state index in [2.05, 4.69) is 31.1 Å². The molecule has 0 aliphatic carbocycles. The average Bonchev–Trinajstić information content (AvgIpc) is 2.85. The summed E-state index contributed by atoms with van der Waals surface area (Å²) < 4.78 is 0. The molecule has 18 heavy (non-hydrogen) atoms. The summed E-state index contributed by atoms with van der Waals surface area (Å²) in [5.74, 6) is -0.0694. The molecule has 0 aliphatic rings. The summed E-state index contributed by atoms with van der Waals surface area (Å²) in [7, 11) is 0. The fraction of sp³-hybridized carbons (Fsp3) is 0.692. The van der Waals surface area contributed by atoms with Crippen LogP contribution in [0.4, 0.5) is 0 Å². The number of hydrogen-bond acceptors (Lipinski definition) is 4. The predicted octanol–water partition coefficient (Wildman–Crippen LogP) is 2.34. The van der Waals surface area contributed by atoms with Crippen LogP contribution in [-0.4, -0.2) is 23.0 Å². The number of rotatable bonds is 7. The van der Waals surface area contributed by atoms with Gasteiger partial charge in [0.05, 0.1) is 5.01 Å². The largest absolute Gasteiger partial charge is 0.345 e. The van der Waals surface area contributed by atoms with E-state index in [1.807, 2.05) is 5.38 Å². The highest BCUT2D eigenvalue weighted by atomic mass is 32.1. The second-order valence-electron chi connectivity index (χ2n) is 4.46. The molecular weight excluding hydrogens is 246 g/mol. The van der Waals surface area contributed by atoms with E-state index in [1.54, 1.807) is 0 Å². The molecule has 0 unspecified atom stereocenters. The Hall–Kier alpha value is -0.940. The second-order valence-corrected chi connectivity index (χ2v) is 5.40. The zero-order valence-electron chi connectivity index (χ0n) is 11.5. The molecule has 0 atom stereocenters. The highest BCUT2D eigenvalue weighted by molar-refractivity contribution is 7.09. The molecule has 1 amide bonds. The summed E-state index contributed by atoms with van der Waals surface area (Å²) in [6, 6.07) is 0. The highest BCUT2D eigenvalue weighted by Gasteiger charge is 2.27. The lowest BCUT2D eigenvalue weighted by atomic mass is 9.89. The van der Waals surface area contributed by atoms with Crippen molar-refractivity contribution in [1.29, 1.82) is 0 Å². The van der Waals surface area contributed by atoms with Crippen molar-refractivity contribution in [2.75, 3.05) is 6.54 Å². The van der Waals surface area contributed by atoms with E-state index in [0.717, 1.165) is 30.7 Å². The molecule has 1 heterocycles. The van der Waals surface area contributed by atoms with Crippen molar-refractivity contribution in [3.8, 4) is 0 Å². The van der Waals surface area contributed by atoms with Crippen molar-refractivity contribution in [1.82, 2.24) is 10.3 Å². The molecule has 102 valence electrons. The third-order valence-corrected chi connectivity index (χ3v) is 4.46. The van der Waals surface area contributed by atoms with E-state index in [9.17, 15) is 4.79 Å². The smallest absolute Gasteiger partial charge is 0.271 e. The Morgan fingerprint density at radius 2 is 2.00 bits per heavy atom.